The van der Waals surface area contributed by atoms with Crippen molar-refractivity contribution in [2.24, 2.45) is 0 Å². The van der Waals surface area contributed by atoms with Gasteiger partial charge in [0.25, 0.3) is 5.91 Å². The van der Waals surface area contributed by atoms with Gasteiger partial charge < -0.3 is 16.0 Å². The molecular weight excluding hydrogens is 511 g/mol. The molecule has 1 saturated heterocycles. The predicted molar refractivity (Wildman–Crippen MR) is 154 cm³/mol. The van der Waals surface area contributed by atoms with E-state index >= 15 is 0 Å². The first-order valence-corrected chi connectivity index (χ1v) is 13.5. The minimum atomic E-state index is -0.637. The second-order valence-electron chi connectivity index (χ2n) is 10.3. The summed E-state index contributed by atoms with van der Waals surface area (Å²) < 4.78 is 14.0. The number of fused-ring (bicyclic) bond motifs is 1. The Kier molecular flexibility index (Phi) is 7.95. The van der Waals surface area contributed by atoms with Gasteiger partial charge in [-0.25, -0.2) is 14.2 Å². The van der Waals surface area contributed by atoms with E-state index in [2.05, 4.69) is 32.0 Å². The number of anilines is 4. The number of aromatic nitrogens is 2. The Morgan fingerprint density at radius 2 is 1.82 bits per heavy atom. The van der Waals surface area contributed by atoms with Crippen molar-refractivity contribution in [3.8, 4) is 0 Å². The quantitative estimate of drug-likeness (QED) is 0.464. The highest BCUT2D eigenvalue weighted by Crippen LogP contribution is 2.33. The molecule has 3 heterocycles. The number of carbonyl (C=O) groups excluding carboxylic acids is 2. The summed E-state index contributed by atoms with van der Waals surface area (Å²) in [5.41, 5.74) is 10.3. The van der Waals surface area contributed by atoms with Crippen LogP contribution in [0.25, 0.3) is 0 Å². The van der Waals surface area contributed by atoms with E-state index in [1.807, 2.05) is 19.1 Å². The number of aryl methyl sites for hydroxylation is 1. The molecule has 2 aliphatic rings. The Labute approximate surface area is 233 Å². The summed E-state index contributed by atoms with van der Waals surface area (Å²) in [6, 6.07) is 10.4. The Morgan fingerprint density at radius 1 is 1.07 bits per heavy atom. The van der Waals surface area contributed by atoms with E-state index in [0.29, 0.717) is 34.9 Å². The molecule has 210 valence electrons. The fraction of sp³-hybridized carbons (Fsp3) is 0.379. The molecule has 0 aliphatic carbocycles. The number of hydrogen-bond acceptors (Lipinski definition) is 7. The molecule has 0 spiro atoms. The maximum absolute atomic E-state index is 14.0. The van der Waals surface area contributed by atoms with Gasteiger partial charge >= 0.3 is 6.03 Å². The van der Waals surface area contributed by atoms with Crippen LogP contribution in [0.3, 0.4) is 0 Å². The summed E-state index contributed by atoms with van der Waals surface area (Å²) in [5, 5.41) is 2.91. The zero-order valence-corrected chi connectivity index (χ0v) is 23.2. The number of amides is 3. The van der Waals surface area contributed by atoms with Crippen molar-refractivity contribution in [3.05, 3.63) is 70.4 Å². The van der Waals surface area contributed by atoms with E-state index in [4.69, 9.17) is 5.73 Å². The van der Waals surface area contributed by atoms with Crippen molar-refractivity contribution in [1.82, 2.24) is 19.8 Å². The number of nitrogens with two attached hydrogens (primary N) is 1. The highest BCUT2D eigenvalue weighted by atomic mass is 19.1. The van der Waals surface area contributed by atoms with Crippen molar-refractivity contribution < 1.29 is 14.0 Å². The third-order valence-corrected chi connectivity index (χ3v) is 7.70. The Bertz CT molecular complexity index is 1420. The molecule has 2 aliphatic heterocycles. The second kappa shape index (κ2) is 11.6. The number of nitrogens with zero attached hydrogens (tertiary/aromatic N) is 6. The molecule has 0 saturated carbocycles. The van der Waals surface area contributed by atoms with Crippen molar-refractivity contribution in [1.29, 1.82) is 0 Å². The standard InChI is InChI=1S/C29H35FN8O2/c1-4-36-9-11-37(12-10-36)17-21-7-6-20(13-22(21)15-30)27(39)33-24-8-5-19(2)25(14-24)38-18-23-16-32-28(31)34-26(23)35(3)29(38)40/h5-8,13-14,16H,4,9-12,15,17-18H2,1-3H3,(H,33,39)(H2,31,32,34). The lowest BCUT2D eigenvalue weighted by Gasteiger charge is -2.34. The number of piperazine rings is 1. The van der Waals surface area contributed by atoms with Crippen LogP contribution >= 0.6 is 0 Å². The molecular formula is C29H35FN8O2. The molecule has 10 nitrogen and oxygen atoms in total. The number of hydrogen-bond donors (Lipinski definition) is 2. The lowest BCUT2D eigenvalue weighted by Crippen LogP contribution is -2.46. The zero-order chi connectivity index (χ0) is 28.4. The molecule has 2 aromatic carbocycles. The third kappa shape index (κ3) is 5.61. The molecule has 0 radical (unpaired) electrons. The average Bonchev–Trinajstić information content (AvgIpc) is 2.97. The number of likely N-dealkylation sites (N-methyl/N-ethyl adjacent to an activating group) is 1. The number of halogens is 1. The van der Waals surface area contributed by atoms with Gasteiger partial charge in [-0.2, -0.15) is 4.98 Å². The first kappa shape index (κ1) is 27.5. The van der Waals surface area contributed by atoms with Gasteiger partial charge in [0.1, 0.15) is 12.5 Å². The molecule has 11 heteroatoms. The number of nitrogens with one attached hydrogen (secondary N) is 1. The van der Waals surface area contributed by atoms with Crippen LogP contribution in [0, 0.1) is 6.92 Å². The van der Waals surface area contributed by atoms with Crippen molar-refractivity contribution in [2.45, 2.75) is 33.6 Å². The second-order valence-corrected chi connectivity index (χ2v) is 10.3. The molecule has 1 fully saturated rings. The topological polar surface area (TPSA) is 111 Å². The van der Waals surface area contributed by atoms with Crippen molar-refractivity contribution >= 4 is 35.1 Å². The number of carbonyl (C=O) groups is 2. The maximum Gasteiger partial charge on any atom is 0.330 e. The van der Waals surface area contributed by atoms with Crippen LogP contribution in [-0.4, -0.2) is 71.5 Å². The van der Waals surface area contributed by atoms with E-state index in [1.54, 1.807) is 42.4 Å². The molecule has 40 heavy (non-hydrogen) atoms. The van der Waals surface area contributed by atoms with Crippen LogP contribution in [0.5, 0.6) is 0 Å². The predicted octanol–water partition coefficient (Wildman–Crippen LogP) is 3.80. The Balaban J connectivity index is 1.31. The van der Waals surface area contributed by atoms with Gasteiger partial charge in [-0.15, -0.1) is 0 Å². The number of urea groups is 1. The van der Waals surface area contributed by atoms with Gasteiger partial charge in [-0.1, -0.05) is 19.1 Å². The van der Waals surface area contributed by atoms with E-state index in [9.17, 15) is 14.0 Å². The first-order chi connectivity index (χ1) is 19.3. The summed E-state index contributed by atoms with van der Waals surface area (Å²) in [4.78, 5) is 42.4. The van der Waals surface area contributed by atoms with Crippen LogP contribution in [0.15, 0.2) is 42.6 Å². The fourth-order valence-corrected chi connectivity index (χ4v) is 5.24. The number of alkyl halides is 1. The largest absolute Gasteiger partial charge is 0.368 e. The average molecular weight is 547 g/mol. The van der Waals surface area contributed by atoms with E-state index in [-0.39, 0.29) is 24.4 Å². The molecule has 0 atom stereocenters. The van der Waals surface area contributed by atoms with Gasteiger partial charge in [0.05, 0.1) is 12.2 Å². The minimum Gasteiger partial charge on any atom is -0.368 e. The van der Waals surface area contributed by atoms with E-state index in [0.717, 1.165) is 49.4 Å². The number of benzene rings is 2. The van der Waals surface area contributed by atoms with Gasteiger partial charge in [-0.3, -0.25) is 19.5 Å². The summed E-state index contributed by atoms with van der Waals surface area (Å²) in [5.74, 6) is 0.238. The van der Waals surface area contributed by atoms with Crippen LogP contribution in [0.2, 0.25) is 0 Å². The summed E-state index contributed by atoms with van der Waals surface area (Å²) >= 11 is 0. The summed E-state index contributed by atoms with van der Waals surface area (Å²) in [6.45, 7) is 9.31. The summed E-state index contributed by atoms with van der Waals surface area (Å²) in [6.07, 6.45) is 1.62. The highest BCUT2D eigenvalue weighted by molar-refractivity contribution is 6.07. The molecule has 3 aromatic rings. The zero-order valence-electron chi connectivity index (χ0n) is 23.2. The fourth-order valence-electron chi connectivity index (χ4n) is 5.24. The molecule has 1 aromatic heterocycles. The third-order valence-electron chi connectivity index (χ3n) is 7.70. The van der Waals surface area contributed by atoms with Crippen molar-refractivity contribution in [2.75, 3.05) is 60.6 Å². The lowest BCUT2D eigenvalue weighted by atomic mass is 10.0. The van der Waals surface area contributed by atoms with Gasteiger partial charge in [0.15, 0.2) is 0 Å². The molecule has 0 bridgehead atoms. The normalized spacial score (nSPS) is 16.2. The Morgan fingerprint density at radius 3 is 2.55 bits per heavy atom. The summed E-state index contributed by atoms with van der Waals surface area (Å²) in [7, 11) is 1.64. The van der Waals surface area contributed by atoms with E-state index < -0.39 is 6.67 Å². The van der Waals surface area contributed by atoms with E-state index in [1.165, 1.54) is 4.90 Å². The molecule has 0 unspecified atom stereocenters. The van der Waals surface area contributed by atoms with Gasteiger partial charge in [0, 0.05) is 62.8 Å². The monoisotopic (exact) mass is 546 g/mol. The smallest absolute Gasteiger partial charge is 0.330 e. The van der Waals surface area contributed by atoms with Crippen LogP contribution in [0.4, 0.5) is 32.3 Å². The van der Waals surface area contributed by atoms with Crippen LogP contribution < -0.4 is 20.9 Å². The Hall–Kier alpha value is -4.09. The SMILES string of the molecule is CCN1CCN(Cc2ccc(C(=O)Nc3ccc(C)c(N4Cc5cnc(N)nc5N(C)C4=O)c3)cc2CF)CC1. The van der Waals surface area contributed by atoms with Crippen molar-refractivity contribution in [3.63, 3.8) is 0 Å². The first-order valence-electron chi connectivity index (χ1n) is 13.5. The highest BCUT2D eigenvalue weighted by Gasteiger charge is 2.31. The molecule has 3 N–H and O–H groups in total. The molecule has 5 rings (SSSR count). The van der Waals surface area contributed by atoms with Gasteiger partial charge in [0.2, 0.25) is 5.95 Å². The lowest BCUT2D eigenvalue weighted by molar-refractivity contribution is 0.102. The van der Waals surface area contributed by atoms with Crippen LogP contribution in [-0.2, 0) is 19.8 Å². The number of rotatable bonds is 7. The maximum atomic E-state index is 14.0. The van der Waals surface area contributed by atoms with Crippen LogP contribution in [0.1, 0.15) is 39.5 Å². The minimum absolute atomic E-state index is 0.103. The number of nitrogen functional groups attached to an aromatic ring is 1. The molecule has 3 amide bonds. The van der Waals surface area contributed by atoms with Gasteiger partial charge in [-0.05, 0) is 54.4 Å².